The largest absolute Gasteiger partial charge is 0.396 e. The molecule has 0 aromatic rings. The highest BCUT2D eigenvalue weighted by atomic mass is 16.3. The lowest BCUT2D eigenvalue weighted by molar-refractivity contribution is -0.131. The van der Waals surface area contributed by atoms with E-state index in [0.29, 0.717) is 12.0 Å². The van der Waals surface area contributed by atoms with E-state index < -0.39 is 0 Å². The van der Waals surface area contributed by atoms with Crippen LogP contribution in [0.5, 0.6) is 0 Å². The van der Waals surface area contributed by atoms with Gasteiger partial charge in [-0.2, -0.15) is 0 Å². The number of hydrogen-bond donors (Lipinski definition) is 2. The first kappa shape index (κ1) is 14.5. The Labute approximate surface area is 104 Å². The van der Waals surface area contributed by atoms with E-state index in [9.17, 15) is 4.79 Å². The SMILES string of the molecule is CCCC1CC(NCCCO)CN(C(C)=O)C1. The molecule has 0 bridgehead atoms. The van der Waals surface area contributed by atoms with Crippen molar-refractivity contribution in [1.82, 2.24) is 10.2 Å². The molecule has 0 saturated carbocycles. The number of carbonyl (C=O) groups is 1. The number of aliphatic hydroxyl groups excluding tert-OH is 1. The highest BCUT2D eigenvalue weighted by Gasteiger charge is 2.27. The molecule has 2 unspecified atom stereocenters. The molecule has 1 fully saturated rings. The van der Waals surface area contributed by atoms with Crippen molar-refractivity contribution in [1.29, 1.82) is 0 Å². The minimum atomic E-state index is 0.180. The van der Waals surface area contributed by atoms with Crippen LogP contribution in [0.1, 0.15) is 39.5 Å². The molecule has 0 radical (unpaired) electrons. The topological polar surface area (TPSA) is 52.6 Å². The van der Waals surface area contributed by atoms with Gasteiger partial charge in [0, 0.05) is 32.7 Å². The quantitative estimate of drug-likeness (QED) is 0.683. The fourth-order valence-electron chi connectivity index (χ4n) is 2.61. The van der Waals surface area contributed by atoms with Crippen molar-refractivity contribution in [3.05, 3.63) is 0 Å². The summed E-state index contributed by atoms with van der Waals surface area (Å²) in [4.78, 5) is 13.4. The number of amides is 1. The molecule has 0 spiro atoms. The maximum absolute atomic E-state index is 11.5. The van der Waals surface area contributed by atoms with Crippen molar-refractivity contribution < 1.29 is 9.90 Å². The highest BCUT2D eigenvalue weighted by Crippen LogP contribution is 2.21. The lowest BCUT2D eigenvalue weighted by Crippen LogP contribution is -2.51. The van der Waals surface area contributed by atoms with Gasteiger partial charge in [-0.1, -0.05) is 13.3 Å². The van der Waals surface area contributed by atoms with Crippen molar-refractivity contribution in [2.24, 2.45) is 5.92 Å². The maximum Gasteiger partial charge on any atom is 0.219 e. The summed E-state index contributed by atoms with van der Waals surface area (Å²) in [7, 11) is 0. The van der Waals surface area contributed by atoms with Gasteiger partial charge in [0.25, 0.3) is 0 Å². The van der Waals surface area contributed by atoms with Crippen molar-refractivity contribution in [2.75, 3.05) is 26.2 Å². The molecule has 0 aliphatic carbocycles. The van der Waals surface area contributed by atoms with Crippen molar-refractivity contribution in [2.45, 2.75) is 45.6 Å². The van der Waals surface area contributed by atoms with Crippen LogP contribution in [0.3, 0.4) is 0 Å². The zero-order chi connectivity index (χ0) is 12.7. The molecule has 0 aromatic carbocycles. The monoisotopic (exact) mass is 242 g/mol. The second kappa shape index (κ2) is 7.67. The Bertz CT molecular complexity index is 233. The molecule has 1 saturated heterocycles. The Morgan fingerprint density at radius 3 is 2.82 bits per heavy atom. The number of rotatable bonds is 6. The fraction of sp³-hybridized carbons (Fsp3) is 0.923. The Hall–Kier alpha value is -0.610. The van der Waals surface area contributed by atoms with E-state index in [4.69, 9.17) is 5.11 Å². The van der Waals surface area contributed by atoms with Gasteiger partial charge in [0.15, 0.2) is 0 Å². The van der Waals surface area contributed by atoms with E-state index in [2.05, 4.69) is 12.2 Å². The van der Waals surface area contributed by atoms with E-state index >= 15 is 0 Å². The fourth-order valence-corrected chi connectivity index (χ4v) is 2.61. The van der Waals surface area contributed by atoms with Crippen LogP contribution < -0.4 is 5.32 Å². The Morgan fingerprint density at radius 2 is 2.24 bits per heavy atom. The minimum Gasteiger partial charge on any atom is -0.396 e. The van der Waals surface area contributed by atoms with Crippen LogP contribution in [0.2, 0.25) is 0 Å². The molecule has 2 atom stereocenters. The number of aliphatic hydroxyl groups is 1. The van der Waals surface area contributed by atoms with Crippen LogP contribution in [0.25, 0.3) is 0 Å². The van der Waals surface area contributed by atoms with E-state index in [1.165, 1.54) is 12.8 Å². The number of nitrogens with one attached hydrogen (secondary N) is 1. The predicted molar refractivity (Wildman–Crippen MR) is 68.8 cm³/mol. The van der Waals surface area contributed by atoms with Crippen LogP contribution in [0.4, 0.5) is 0 Å². The molecule has 1 amide bonds. The third-order valence-electron chi connectivity index (χ3n) is 3.45. The summed E-state index contributed by atoms with van der Waals surface area (Å²) < 4.78 is 0. The standard InChI is InChI=1S/C13H26N2O2/c1-3-5-12-8-13(14-6-4-7-16)10-15(9-12)11(2)17/h12-14,16H,3-10H2,1-2H3. The third-order valence-corrected chi connectivity index (χ3v) is 3.45. The average molecular weight is 242 g/mol. The average Bonchev–Trinajstić information content (AvgIpc) is 2.29. The molecule has 1 heterocycles. The first-order chi connectivity index (χ1) is 8.17. The number of nitrogens with zero attached hydrogens (tertiary/aromatic N) is 1. The van der Waals surface area contributed by atoms with Gasteiger partial charge in [0.2, 0.25) is 5.91 Å². The molecular formula is C13H26N2O2. The third kappa shape index (κ3) is 5.04. The Morgan fingerprint density at radius 1 is 1.47 bits per heavy atom. The molecule has 1 rings (SSSR count). The van der Waals surface area contributed by atoms with Gasteiger partial charge in [0.05, 0.1) is 0 Å². The number of hydrogen-bond acceptors (Lipinski definition) is 3. The molecule has 100 valence electrons. The van der Waals surface area contributed by atoms with E-state index in [0.717, 1.165) is 32.5 Å². The Kier molecular flexibility index (Phi) is 6.52. The molecule has 4 nitrogen and oxygen atoms in total. The number of piperidine rings is 1. The molecule has 2 N–H and O–H groups in total. The van der Waals surface area contributed by atoms with Crippen molar-refractivity contribution in [3.8, 4) is 0 Å². The second-order valence-electron chi connectivity index (χ2n) is 5.04. The van der Waals surface area contributed by atoms with Crippen LogP contribution in [0, 0.1) is 5.92 Å². The molecule has 1 aliphatic heterocycles. The summed E-state index contributed by atoms with van der Waals surface area (Å²) in [5.41, 5.74) is 0. The van der Waals surface area contributed by atoms with Crippen LogP contribution in [-0.2, 0) is 4.79 Å². The molecule has 1 aliphatic rings. The first-order valence-electron chi connectivity index (χ1n) is 6.77. The van der Waals surface area contributed by atoms with Gasteiger partial charge < -0.3 is 15.3 Å². The normalized spacial score (nSPS) is 25.0. The molecule has 17 heavy (non-hydrogen) atoms. The van der Waals surface area contributed by atoms with E-state index in [1.807, 2.05) is 4.90 Å². The summed E-state index contributed by atoms with van der Waals surface area (Å²) in [6, 6.07) is 0.399. The Balaban J connectivity index is 2.43. The summed E-state index contributed by atoms with van der Waals surface area (Å²) in [6.45, 7) is 6.66. The van der Waals surface area contributed by atoms with Gasteiger partial charge in [-0.15, -0.1) is 0 Å². The lowest BCUT2D eigenvalue weighted by Gasteiger charge is -2.38. The number of likely N-dealkylation sites (tertiary alicyclic amines) is 1. The summed E-state index contributed by atoms with van der Waals surface area (Å²) in [5, 5.41) is 12.2. The summed E-state index contributed by atoms with van der Waals surface area (Å²) in [5.74, 6) is 0.809. The van der Waals surface area contributed by atoms with Crippen LogP contribution in [-0.4, -0.2) is 48.2 Å². The van der Waals surface area contributed by atoms with Crippen LogP contribution in [0.15, 0.2) is 0 Å². The van der Waals surface area contributed by atoms with E-state index in [1.54, 1.807) is 6.92 Å². The zero-order valence-corrected chi connectivity index (χ0v) is 11.1. The predicted octanol–water partition coefficient (Wildman–Crippen LogP) is 0.995. The zero-order valence-electron chi connectivity index (χ0n) is 11.1. The van der Waals surface area contributed by atoms with Gasteiger partial charge in [-0.25, -0.2) is 0 Å². The van der Waals surface area contributed by atoms with Crippen molar-refractivity contribution in [3.63, 3.8) is 0 Å². The van der Waals surface area contributed by atoms with Crippen LogP contribution >= 0.6 is 0 Å². The maximum atomic E-state index is 11.5. The minimum absolute atomic E-state index is 0.180. The molecular weight excluding hydrogens is 216 g/mol. The van der Waals surface area contributed by atoms with Gasteiger partial charge in [-0.05, 0) is 31.7 Å². The highest BCUT2D eigenvalue weighted by molar-refractivity contribution is 5.73. The van der Waals surface area contributed by atoms with E-state index in [-0.39, 0.29) is 12.5 Å². The summed E-state index contributed by atoms with van der Waals surface area (Å²) >= 11 is 0. The van der Waals surface area contributed by atoms with Crippen molar-refractivity contribution >= 4 is 5.91 Å². The summed E-state index contributed by atoms with van der Waals surface area (Å²) in [6.07, 6.45) is 4.32. The molecule has 0 aromatic heterocycles. The molecule has 4 heteroatoms. The van der Waals surface area contributed by atoms with Gasteiger partial charge >= 0.3 is 0 Å². The van der Waals surface area contributed by atoms with Gasteiger partial charge in [0.1, 0.15) is 0 Å². The van der Waals surface area contributed by atoms with Gasteiger partial charge in [-0.3, -0.25) is 4.79 Å². The second-order valence-corrected chi connectivity index (χ2v) is 5.04. The first-order valence-corrected chi connectivity index (χ1v) is 6.77. The number of carbonyl (C=O) groups excluding carboxylic acids is 1. The lowest BCUT2D eigenvalue weighted by atomic mass is 9.90. The smallest absolute Gasteiger partial charge is 0.219 e.